The van der Waals surface area contributed by atoms with Crippen LogP contribution in [-0.4, -0.2) is 23.4 Å². The Morgan fingerprint density at radius 2 is 1.94 bits per heavy atom. The van der Waals surface area contributed by atoms with Gasteiger partial charge in [-0.05, 0) is 18.0 Å². The van der Waals surface area contributed by atoms with Crippen LogP contribution in [0, 0.1) is 5.41 Å². The van der Waals surface area contributed by atoms with Gasteiger partial charge in [-0.3, -0.25) is 4.79 Å². The van der Waals surface area contributed by atoms with E-state index in [4.69, 9.17) is 5.41 Å². The lowest BCUT2D eigenvalue weighted by atomic mass is 10.2. The van der Waals surface area contributed by atoms with Gasteiger partial charge in [0.25, 0.3) is 5.91 Å². The minimum atomic E-state index is -0.631. The molecule has 1 rings (SSSR count). The predicted octanol–water partition coefficient (Wildman–Crippen LogP) is 1.47. The monoisotopic (exact) mass is 253 g/mol. The molecule has 17 heavy (non-hydrogen) atoms. The number of hydrogen-bond acceptors (Lipinski definition) is 4. The fourth-order valence-electron chi connectivity index (χ4n) is 0.952. The summed E-state index contributed by atoms with van der Waals surface area (Å²) in [5.74, 6) is -0.345. The molecule has 0 spiro atoms. The molecule has 2 N–H and O–H groups in total. The number of carbonyl (C=O) groups is 1. The molecule has 5 heteroatoms. The van der Waals surface area contributed by atoms with Crippen molar-refractivity contribution in [3.8, 4) is 0 Å². The molecular weight excluding hydrogens is 236 g/mol. The van der Waals surface area contributed by atoms with Crippen LogP contribution in [0.2, 0.25) is 0 Å². The molecule has 0 bridgehead atoms. The van der Waals surface area contributed by atoms with Crippen LogP contribution in [-0.2, 0) is 0 Å². The topological polar surface area (TPSA) is 76.0 Å². The Balaban J connectivity index is 0.00000121. The maximum atomic E-state index is 11.4. The van der Waals surface area contributed by atoms with Crippen molar-refractivity contribution in [3.63, 3.8) is 0 Å². The van der Waals surface area contributed by atoms with E-state index in [0.29, 0.717) is 11.4 Å². The maximum Gasteiger partial charge on any atom is 0.251 e. The fraction of sp³-hybridized carbons (Fsp3) is 0.333. The quantitative estimate of drug-likeness (QED) is 0.361. The molecule has 0 saturated carbocycles. The highest BCUT2D eigenvalue weighted by molar-refractivity contribution is 7.99. The van der Waals surface area contributed by atoms with Gasteiger partial charge in [0.15, 0.2) is 0 Å². The summed E-state index contributed by atoms with van der Waals surface area (Å²) >= 11 is 1.22. The molecule has 0 aliphatic rings. The van der Waals surface area contributed by atoms with E-state index < -0.39 is 5.90 Å². The van der Waals surface area contributed by atoms with E-state index in [9.17, 15) is 9.90 Å². The normalized spacial score (nSPS) is 8.82. The van der Waals surface area contributed by atoms with Gasteiger partial charge in [-0.25, -0.2) is 0 Å². The lowest BCUT2D eigenvalue weighted by Gasteiger charge is -2.07. The van der Waals surface area contributed by atoms with Crippen LogP contribution in [0.1, 0.15) is 24.2 Å². The molecule has 94 valence electrons. The second-order valence-electron chi connectivity index (χ2n) is 2.79. The number of nitrogens with one attached hydrogen (secondary N) is 2. The van der Waals surface area contributed by atoms with Crippen LogP contribution in [0.5, 0.6) is 0 Å². The van der Waals surface area contributed by atoms with Crippen molar-refractivity contribution in [2.75, 3.05) is 11.6 Å². The summed E-state index contributed by atoms with van der Waals surface area (Å²) < 4.78 is 0. The minimum Gasteiger partial charge on any atom is -0.862 e. The number of benzene rings is 1. The van der Waals surface area contributed by atoms with Crippen molar-refractivity contribution in [3.05, 3.63) is 35.9 Å². The highest BCUT2D eigenvalue weighted by atomic mass is 32.2. The summed E-state index contributed by atoms with van der Waals surface area (Å²) in [6, 6.07) is 8.85. The lowest BCUT2D eigenvalue weighted by Crippen LogP contribution is -2.25. The van der Waals surface area contributed by atoms with E-state index in [1.807, 2.05) is 19.9 Å². The summed E-state index contributed by atoms with van der Waals surface area (Å²) in [7, 11) is 0. The smallest absolute Gasteiger partial charge is 0.251 e. The van der Waals surface area contributed by atoms with Gasteiger partial charge >= 0.3 is 0 Å². The van der Waals surface area contributed by atoms with Crippen LogP contribution >= 0.6 is 11.8 Å². The molecule has 0 fully saturated rings. The van der Waals surface area contributed by atoms with E-state index in [-0.39, 0.29) is 11.7 Å². The Hall–Kier alpha value is -1.49. The zero-order valence-corrected chi connectivity index (χ0v) is 10.8. The van der Waals surface area contributed by atoms with Crippen LogP contribution in [0.3, 0.4) is 0 Å². The number of amides is 1. The van der Waals surface area contributed by atoms with Crippen LogP contribution < -0.4 is 10.4 Å². The second-order valence-corrected chi connectivity index (χ2v) is 3.77. The van der Waals surface area contributed by atoms with E-state index in [1.54, 1.807) is 24.3 Å². The number of hydrogen-bond donors (Lipinski definition) is 2. The molecular formula is C12H17N2O2S-. The Kier molecular flexibility index (Phi) is 8.86. The van der Waals surface area contributed by atoms with E-state index in [1.165, 1.54) is 11.8 Å². The van der Waals surface area contributed by atoms with Gasteiger partial charge in [0.05, 0.1) is 5.88 Å². The first-order chi connectivity index (χ1) is 8.20. The summed E-state index contributed by atoms with van der Waals surface area (Å²) in [5.41, 5.74) is 0.593. The molecule has 0 aliphatic carbocycles. The standard InChI is InChI=1S/C10H12N2O2S.C2H6/c11-9(13)6-15-7-12-10(14)8-4-2-1-3-5-8;1-2/h1-5H,6-7H2,(H2,11,13)(H,12,14);1-2H3/p-1. The van der Waals surface area contributed by atoms with Crippen molar-refractivity contribution < 1.29 is 9.90 Å². The average molecular weight is 253 g/mol. The van der Waals surface area contributed by atoms with Crippen LogP contribution in [0.15, 0.2) is 30.3 Å². The highest BCUT2D eigenvalue weighted by Crippen LogP contribution is 2.00. The molecule has 0 unspecified atom stereocenters. The molecule has 1 aromatic carbocycles. The van der Waals surface area contributed by atoms with Crippen LogP contribution in [0.25, 0.3) is 0 Å². The number of rotatable bonds is 5. The van der Waals surface area contributed by atoms with Gasteiger partial charge in [0.1, 0.15) is 0 Å². The van der Waals surface area contributed by atoms with Crippen molar-refractivity contribution in [2.24, 2.45) is 0 Å². The number of carbonyl (C=O) groups excluding carboxylic acids is 1. The summed E-state index contributed by atoms with van der Waals surface area (Å²) in [4.78, 5) is 11.4. The first kappa shape index (κ1) is 15.5. The van der Waals surface area contributed by atoms with Crippen LogP contribution in [0.4, 0.5) is 0 Å². The van der Waals surface area contributed by atoms with Crippen molar-refractivity contribution >= 4 is 23.6 Å². The molecule has 0 radical (unpaired) electrons. The van der Waals surface area contributed by atoms with E-state index >= 15 is 0 Å². The van der Waals surface area contributed by atoms with Crippen molar-refractivity contribution in [1.29, 1.82) is 5.41 Å². The molecule has 4 nitrogen and oxygen atoms in total. The first-order valence-electron chi connectivity index (χ1n) is 5.35. The van der Waals surface area contributed by atoms with Gasteiger partial charge in [-0.15, -0.1) is 11.8 Å². The lowest BCUT2D eigenvalue weighted by molar-refractivity contribution is -0.216. The molecule has 1 aromatic rings. The minimum absolute atomic E-state index is 0.106. The molecule has 0 aromatic heterocycles. The Labute approximate surface area is 106 Å². The largest absolute Gasteiger partial charge is 0.862 e. The van der Waals surface area contributed by atoms with Crippen molar-refractivity contribution in [1.82, 2.24) is 5.32 Å². The zero-order chi connectivity index (χ0) is 13.1. The van der Waals surface area contributed by atoms with E-state index in [2.05, 4.69) is 5.32 Å². The first-order valence-corrected chi connectivity index (χ1v) is 6.51. The molecule has 1 amide bonds. The van der Waals surface area contributed by atoms with Gasteiger partial charge in [-0.2, -0.15) is 0 Å². The second kappa shape index (κ2) is 9.72. The van der Waals surface area contributed by atoms with Gasteiger partial charge in [-0.1, -0.05) is 32.0 Å². The predicted molar refractivity (Wildman–Crippen MR) is 70.3 cm³/mol. The van der Waals surface area contributed by atoms with Gasteiger partial charge in [0, 0.05) is 11.3 Å². The molecule has 0 heterocycles. The third-order valence-corrected chi connectivity index (χ3v) is 2.42. The Bertz CT molecular complexity index is 342. The van der Waals surface area contributed by atoms with Gasteiger partial charge < -0.3 is 15.8 Å². The molecule has 0 saturated heterocycles. The van der Waals surface area contributed by atoms with Gasteiger partial charge in [0.2, 0.25) is 0 Å². The third kappa shape index (κ3) is 7.41. The summed E-state index contributed by atoms with van der Waals surface area (Å²) in [6.07, 6.45) is 0. The molecule has 0 aliphatic heterocycles. The molecule has 0 atom stereocenters. The van der Waals surface area contributed by atoms with Crippen molar-refractivity contribution in [2.45, 2.75) is 13.8 Å². The highest BCUT2D eigenvalue weighted by Gasteiger charge is 2.02. The average Bonchev–Trinajstić information content (AvgIpc) is 2.37. The Morgan fingerprint density at radius 1 is 1.35 bits per heavy atom. The fourth-order valence-corrected chi connectivity index (χ4v) is 1.47. The zero-order valence-electron chi connectivity index (χ0n) is 10.0. The Morgan fingerprint density at radius 3 is 2.47 bits per heavy atom. The third-order valence-electron chi connectivity index (χ3n) is 1.60. The maximum absolute atomic E-state index is 11.4. The summed E-state index contributed by atoms with van der Waals surface area (Å²) in [6.45, 7) is 4.00. The SMILES string of the molecule is CC.N=C([O-])CSCNC(=O)c1ccccc1. The summed E-state index contributed by atoms with van der Waals surface area (Å²) in [5, 5.41) is 19.6. The number of thioether (sulfide) groups is 1. The van der Waals surface area contributed by atoms with E-state index in [0.717, 1.165) is 0 Å².